The van der Waals surface area contributed by atoms with Crippen molar-refractivity contribution in [3.05, 3.63) is 34.3 Å². The minimum atomic E-state index is 0.109. The first-order valence-corrected chi connectivity index (χ1v) is 6.02. The Morgan fingerprint density at radius 2 is 2.00 bits per heavy atom. The van der Waals surface area contributed by atoms with Crippen molar-refractivity contribution in [1.82, 2.24) is 0 Å². The highest BCUT2D eigenvalue weighted by Crippen LogP contribution is 2.35. The summed E-state index contributed by atoms with van der Waals surface area (Å²) in [6, 6.07) is 5.73. The van der Waals surface area contributed by atoms with Gasteiger partial charge in [0.2, 0.25) is 0 Å². The van der Waals surface area contributed by atoms with Gasteiger partial charge in [0.05, 0.1) is 3.74 Å². The summed E-state index contributed by atoms with van der Waals surface area (Å²) < 4.78 is 0.109. The summed E-state index contributed by atoms with van der Waals surface area (Å²) in [5.41, 5.74) is 2.05. The zero-order valence-corrected chi connectivity index (χ0v) is 10.7. The maximum absolute atomic E-state index is 5.95. The molecule has 0 aliphatic heterocycles. The van der Waals surface area contributed by atoms with Gasteiger partial charge in [-0.3, -0.25) is 0 Å². The first-order chi connectivity index (χ1) is 5.66. The van der Waals surface area contributed by atoms with Crippen molar-refractivity contribution in [2.24, 2.45) is 0 Å². The highest BCUT2D eigenvalue weighted by Gasteiger charge is 2.10. The van der Waals surface area contributed by atoms with Crippen LogP contribution in [-0.2, 0) is 5.88 Å². The SMILES string of the molecule is ClCc1c(Cl)cccc1C(Br)Br. The Bertz CT molecular complexity index is 274. The van der Waals surface area contributed by atoms with Gasteiger partial charge in [-0.1, -0.05) is 55.6 Å². The lowest BCUT2D eigenvalue weighted by molar-refractivity contribution is 1.28. The van der Waals surface area contributed by atoms with Gasteiger partial charge in [0.15, 0.2) is 0 Å². The molecule has 0 saturated carbocycles. The molecule has 0 aromatic heterocycles. The van der Waals surface area contributed by atoms with Crippen molar-refractivity contribution in [3.63, 3.8) is 0 Å². The molecule has 12 heavy (non-hydrogen) atoms. The van der Waals surface area contributed by atoms with Gasteiger partial charge in [0, 0.05) is 10.9 Å². The van der Waals surface area contributed by atoms with Crippen LogP contribution in [0.1, 0.15) is 14.9 Å². The zero-order chi connectivity index (χ0) is 9.14. The van der Waals surface area contributed by atoms with E-state index in [0.29, 0.717) is 10.9 Å². The lowest BCUT2D eigenvalue weighted by Crippen LogP contribution is -1.90. The third-order valence-electron chi connectivity index (χ3n) is 1.52. The van der Waals surface area contributed by atoms with Gasteiger partial charge in [-0.05, 0) is 17.2 Å². The lowest BCUT2D eigenvalue weighted by atomic mass is 10.1. The molecule has 0 N–H and O–H groups in total. The molecule has 0 aliphatic carbocycles. The maximum Gasteiger partial charge on any atom is 0.0950 e. The predicted octanol–water partition coefficient (Wildman–Crippen LogP) is 4.87. The normalized spacial score (nSPS) is 10.8. The van der Waals surface area contributed by atoms with Crippen molar-refractivity contribution >= 4 is 55.1 Å². The Kier molecular flexibility index (Phi) is 4.38. The Morgan fingerprint density at radius 1 is 1.33 bits per heavy atom. The number of hydrogen-bond donors (Lipinski definition) is 0. The second-order valence-corrected chi connectivity index (χ2v) is 5.98. The van der Waals surface area contributed by atoms with Gasteiger partial charge in [-0.15, -0.1) is 11.6 Å². The molecule has 1 aromatic carbocycles. The van der Waals surface area contributed by atoms with Crippen LogP contribution in [0.25, 0.3) is 0 Å². The average molecular weight is 333 g/mol. The molecule has 0 fully saturated rings. The molecule has 0 radical (unpaired) electrons. The Labute approximate surface area is 98.5 Å². The van der Waals surface area contributed by atoms with E-state index in [0.717, 1.165) is 11.1 Å². The van der Waals surface area contributed by atoms with Crippen molar-refractivity contribution in [2.45, 2.75) is 9.62 Å². The fraction of sp³-hybridized carbons (Fsp3) is 0.250. The fourth-order valence-electron chi connectivity index (χ4n) is 0.921. The third kappa shape index (κ3) is 2.38. The molecule has 1 aromatic rings. The van der Waals surface area contributed by atoms with E-state index in [1.165, 1.54) is 0 Å². The molecule has 0 bridgehead atoms. The number of benzene rings is 1. The van der Waals surface area contributed by atoms with E-state index in [1.807, 2.05) is 18.2 Å². The molecule has 0 atom stereocenters. The number of rotatable bonds is 2. The van der Waals surface area contributed by atoms with Crippen LogP contribution in [0.3, 0.4) is 0 Å². The smallest absolute Gasteiger partial charge is 0.0950 e. The van der Waals surface area contributed by atoms with E-state index in [-0.39, 0.29) is 3.74 Å². The van der Waals surface area contributed by atoms with Gasteiger partial charge < -0.3 is 0 Å². The summed E-state index contributed by atoms with van der Waals surface area (Å²) in [6.07, 6.45) is 0. The number of alkyl halides is 3. The van der Waals surface area contributed by atoms with Gasteiger partial charge in [0.1, 0.15) is 0 Å². The van der Waals surface area contributed by atoms with Crippen molar-refractivity contribution < 1.29 is 0 Å². The zero-order valence-electron chi connectivity index (χ0n) is 6.03. The Morgan fingerprint density at radius 3 is 2.42 bits per heavy atom. The summed E-state index contributed by atoms with van der Waals surface area (Å²) in [5, 5.41) is 0.714. The van der Waals surface area contributed by atoms with E-state index in [9.17, 15) is 0 Å². The van der Waals surface area contributed by atoms with E-state index in [1.54, 1.807) is 0 Å². The van der Waals surface area contributed by atoms with E-state index >= 15 is 0 Å². The quantitative estimate of drug-likeness (QED) is 0.678. The minimum absolute atomic E-state index is 0.109. The summed E-state index contributed by atoms with van der Waals surface area (Å²) in [6.45, 7) is 0. The molecule has 0 unspecified atom stereocenters. The highest BCUT2D eigenvalue weighted by atomic mass is 79.9. The van der Waals surface area contributed by atoms with Crippen LogP contribution in [0.15, 0.2) is 18.2 Å². The molecule has 0 heterocycles. The molecule has 4 heteroatoms. The van der Waals surface area contributed by atoms with Crippen LogP contribution >= 0.6 is 55.1 Å². The van der Waals surface area contributed by atoms with Gasteiger partial charge in [0.25, 0.3) is 0 Å². The Hall–Kier alpha value is 0.760. The largest absolute Gasteiger partial charge is 0.121 e. The summed E-state index contributed by atoms with van der Waals surface area (Å²) in [4.78, 5) is 0. The fourth-order valence-corrected chi connectivity index (χ4v) is 2.39. The minimum Gasteiger partial charge on any atom is -0.121 e. The highest BCUT2D eigenvalue weighted by molar-refractivity contribution is 9.24. The molecular formula is C8H6Br2Cl2. The van der Waals surface area contributed by atoms with E-state index in [2.05, 4.69) is 31.9 Å². The van der Waals surface area contributed by atoms with Crippen LogP contribution in [0.5, 0.6) is 0 Å². The van der Waals surface area contributed by atoms with Crippen molar-refractivity contribution in [1.29, 1.82) is 0 Å². The van der Waals surface area contributed by atoms with Crippen molar-refractivity contribution in [2.75, 3.05) is 0 Å². The molecule has 1 rings (SSSR count). The number of halogens is 4. The summed E-state index contributed by atoms with van der Waals surface area (Å²) in [5.74, 6) is 0.433. The first-order valence-electron chi connectivity index (χ1n) is 3.28. The second-order valence-electron chi connectivity index (χ2n) is 2.24. The van der Waals surface area contributed by atoms with E-state index in [4.69, 9.17) is 23.2 Å². The van der Waals surface area contributed by atoms with Gasteiger partial charge in [-0.2, -0.15) is 0 Å². The van der Waals surface area contributed by atoms with E-state index < -0.39 is 0 Å². The molecule has 0 spiro atoms. The van der Waals surface area contributed by atoms with Crippen LogP contribution in [-0.4, -0.2) is 0 Å². The second kappa shape index (κ2) is 4.85. The lowest BCUT2D eigenvalue weighted by Gasteiger charge is -2.09. The standard InChI is InChI=1S/C8H6Br2Cl2/c9-8(10)5-2-1-3-7(12)6(5)4-11/h1-3,8H,4H2. The molecule has 66 valence electrons. The van der Waals surface area contributed by atoms with Gasteiger partial charge >= 0.3 is 0 Å². The first kappa shape index (κ1) is 10.8. The molecule has 0 aliphatic rings. The van der Waals surface area contributed by atoms with Gasteiger partial charge in [-0.25, -0.2) is 0 Å². The summed E-state index contributed by atoms with van der Waals surface area (Å²) >= 11 is 18.5. The summed E-state index contributed by atoms with van der Waals surface area (Å²) in [7, 11) is 0. The monoisotopic (exact) mass is 330 g/mol. The van der Waals surface area contributed by atoms with Crippen LogP contribution in [0.2, 0.25) is 5.02 Å². The average Bonchev–Trinajstić information content (AvgIpc) is 2.03. The maximum atomic E-state index is 5.95. The predicted molar refractivity (Wildman–Crippen MR) is 61.6 cm³/mol. The third-order valence-corrected chi connectivity index (χ3v) is 3.13. The Balaban J connectivity index is 3.18. The van der Waals surface area contributed by atoms with Crippen molar-refractivity contribution in [3.8, 4) is 0 Å². The topological polar surface area (TPSA) is 0 Å². The molecule has 0 saturated heterocycles. The van der Waals surface area contributed by atoms with Crippen LogP contribution in [0, 0.1) is 0 Å². The molecular weight excluding hydrogens is 327 g/mol. The number of hydrogen-bond acceptors (Lipinski definition) is 0. The molecule has 0 nitrogen and oxygen atoms in total. The molecule has 0 amide bonds. The van der Waals surface area contributed by atoms with Crippen LogP contribution < -0.4 is 0 Å². The van der Waals surface area contributed by atoms with Crippen LogP contribution in [0.4, 0.5) is 0 Å².